The van der Waals surface area contributed by atoms with Gasteiger partial charge in [-0.2, -0.15) is 0 Å². The predicted octanol–water partition coefficient (Wildman–Crippen LogP) is 4.01. The third-order valence-corrected chi connectivity index (χ3v) is 4.51. The van der Waals surface area contributed by atoms with E-state index in [1.807, 2.05) is 56.3 Å². The number of nitrogens with zero attached hydrogens (tertiary/aromatic N) is 1. The Balaban J connectivity index is 1.65. The van der Waals surface area contributed by atoms with Crippen molar-refractivity contribution in [3.63, 3.8) is 0 Å². The van der Waals surface area contributed by atoms with Crippen molar-refractivity contribution in [2.24, 2.45) is 4.99 Å². The molecule has 0 fully saturated rings. The maximum atomic E-state index is 10.1. The summed E-state index contributed by atoms with van der Waals surface area (Å²) in [6.07, 6.45) is 0.630. The molecular weight excluding hydrogens is 354 g/mol. The van der Waals surface area contributed by atoms with Crippen molar-refractivity contribution >= 4 is 16.9 Å². The average Bonchev–Trinajstić information content (AvgIpc) is 3.13. The number of guanidine groups is 1. The fourth-order valence-corrected chi connectivity index (χ4v) is 2.98. The quantitative estimate of drug-likeness (QED) is 0.426. The van der Waals surface area contributed by atoms with Gasteiger partial charge < -0.3 is 24.9 Å². The van der Waals surface area contributed by atoms with Gasteiger partial charge in [-0.3, -0.25) is 4.99 Å². The lowest BCUT2D eigenvalue weighted by Crippen LogP contribution is -2.38. The lowest BCUT2D eigenvalue weighted by molar-refractivity contribution is 0.406. The summed E-state index contributed by atoms with van der Waals surface area (Å²) in [5.74, 6) is 2.44. The molecule has 0 aliphatic carbocycles. The molecule has 0 amide bonds. The van der Waals surface area contributed by atoms with Gasteiger partial charge in [0.15, 0.2) is 5.96 Å². The minimum Gasteiger partial charge on any atom is -0.508 e. The summed E-state index contributed by atoms with van der Waals surface area (Å²) in [5.41, 5.74) is 1.72. The molecule has 1 atom stereocenters. The normalized spacial score (nSPS) is 12.8. The number of methoxy groups -OCH3 is 1. The van der Waals surface area contributed by atoms with E-state index in [1.54, 1.807) is 13.2 Å². The number of phenols is 1. The van der Waals surface area contributed by atoms with Gasteiger partial charge in [0, 0.05) is 24.5 Å². The first-order valence-electron chi connectivity index (χ1n) is 9.50. The lowest BCUT2D eigenvalue weighted by Gasteiger charge is -2.16. The molecule has 3 rings (SSSR count). The van der Waals surface area contributed by atoms with E-state index in [0.717, 1.165) is 28.8 Å². The van der Waals surface area contributed by atoms with E-state index in [-0.39, 0.29) is 11.8 Å². The number of ether oxygens (including phenoxy) is 1. The molecule has 0 saturated carbocycles. The molecule has 3 N–H and O–H groups in total. The van der Waals surface area contributed by atoms with E-state index in [4.69, 9.17) is 9.15 Å². The van der Waals surface area contributed by atoms with Crippen LogP contribution in [0.5, 0.6) is 11.5 Å². The highest BCUT2D eigenvalue weighted by Gasteiger charge is 2.13. The number of aromatic hydroxyl groups is 1. The summed E-state index contributed by atoms with van der Waals surface area (Å²) in [6.45, 7) is 5.37. The van der Waals surface area contributed by atoms with Crippen LogP contribution in [0.4, 0.5) is 0 Å². The second-order valence-corrected chi connectivity index (χ2v) is 6.56. The van der Waals surface area contributed by atoms with Gasteiger partial charge in [0.05, 0.1) is 13.2 Å². The molecule has 0 radical (unpaired) electrons. The number of para-hydroxylation sites is 1. The zero-order chi connectivity index (χ0) is 19.9. The average molecular weight is 381 g/mol. The van der Waals surface area contributed by atoms with Crippen molar-refractivity contribution in [3.05, 3.63) is 59.9 Å². The molecule has 1 aromatic heterocycles. The van der Waals surface area contributed by atoms with Gasteiger partial charge in [-0.15, -0.1) is 0 Å². The second-order valence-electron chi connectivity index (χ2n) is 6.56. The Labute approximate surface area is 165 Å². The highest BCUT2D eigenvalue weighted by Crippen LogP contribution is 2.24. The van der Waals surface area contributed by atoms with Crippen molar-refractivity contribution in [2.45, 2.75) is 26.3 Å². The third-order valence-electron chi connectivity index (χ3n) is 4.51. The molecule has 0 aliphatic heterocycles. The molecular formula is C22H27N3O3. The Kier molecular flexibility index (Phi) is 6.42. The highest BCUT2D eigenvalue weighted by atomic mass is 16.5. The van der Waals surface area contributed by atoms with Crippen molar-refractivity contribution in [3.8, 4) is 11.5 Å². The highest BCUT2D eigenvalue weighted by molar-refractivity contribution is 5.81. The fourth-order valence-electron chi connectivity index (χ4n) is 2.98. The smallest absolute Gasteiger partial charge is 0.191 e. The standard InChI is InChI=1S/C22H27N3O3/c1-4-23-22(24-12-11-16-9-10-18(27-3)14-19(16)26)25-15(2)21-13-17-7-5-6-8-20(17)28-21/h5-10,13-15,26H,4,11-12H2,1-3H3,(H2,23,24,25). The van der Waals surface area contributed by atoms with E-state index in [1.165, 1.54) is 0 Å². The Morgan fingerprint density at radius 2 is 2.04 bits per heavy atom. The summed E-state index contributed by atoms with van der Waals surface area (Å²) in [7, 11) is 1.58. The van der Waals surface area contributed by atoms with Crippen molar-refractivity contribution in [1.29, 1.82) is 0 Å². The number of benzene rings is 2. The maximum Gasteiger partial charge on any atom is 0.191 e. The van der Waals surface area contributed by atoms with E-state index in [2.05, 4.69) is 15.6 Å². The molecule has 0 bridgehead atoms. The topological polar surface area (TPSA) is 79.0 Å². The number of nitrogens with one attached hydrogen (secondary N) is 2. The SMILES string of the molecule is CCNC(=NCCc1ccc(OC)cc1O)NC(C)c1cc2ccccc2o1. The Hall–Kier alpha value is -3.15. The lowest BCUT2D eigenvalue weighted by atomic mass is 10.1. The number of fused-ring (bicyclic) bond motifs is 1. The van der Waals surface area contributed by atoms with Crippen LogP contribution < -0.4 is 15.4 Å². The number of rotatable bonds is 7. The Morgan fingerprint density at radius 3 is 2.75 bits per heavy atom. The van der Waals surface area contributed by atoms with Gasteiger partial charge in [-0.05, 0) is 44.0 Å². The van der Waals surface area contributed by atoms with Gasteiger partial charge in [0.1, 0.15) is 22.8 Å². The number of hydrogen-bond donors (Lipinski definition) is 3. The number of hydrogen-bond acceptors (Lipinski definition) is 4. The molecule has 1 unspecified atom stereocenters. The van der Waals surface area contributed by atoms with Gasteiger partial charge >= 0.3 is 0 Å². The van der Waals surface area contributed by atoms with Gasteiger partial charge in [-0.1, -0.05) is 24.3 Å². The van der Waals surface area contributed by atoms with Crippen LogP contribution in [0.15, 0.2) is 57.9 Å². The van der Waals surface area contributed by atoms with E-state index < -0.39 is 0 Å². The molecule has 6 nitrogen and oxygen atoms in total. The molecule has 6 heteroatoms. The van der Waals surface area contributed by atoms with E-state index in [0.29, 0.717) is 24.7 Å². The summed E-state index contributed by atoms with van der Waals surface area (Å²) < 4.78 is 11.0. The molecule has 3 aromatic rings. The van der Waals surface area contributed by atoms with Crippen molar-refractivity contribution < 1.29 is 14.3 Å². The molecule has 0 aliphatic rings. The maximum absolute atomic E-state index is 10.1. The predicted molar refractivity (Wildman–Crippen MR) is 112 cm³/mol. The first kappa shape index (κ1) is 19.6. The Bertz CT molecular complexity index is 916. The Morgan fingerprint density at radius 1 is 1.21 bits per heavy atom. The zero-order valence-electron chi connectivity index (χ0n) is 16.5. The van der Waals surface area contributed by atoms with Gasteiger partial charge in [0.25, 0.3) is 0 Å². The first-order valence-corrected chi connectivity index (χ1v) is 9.50. The van der Waals surface area contributed by atoms with Crippen molar-refractivity contribution in [1.82, 2.24) is 10.6 Å². The van der Waals surface area contributed by atoms with Crippen LogP contribution in [0, 0.1) is 0 Å². The molecule has 28 heavy (non-hydrogen) atoms. The van der Waals surface area contributed by atoms with Crippen LogP contribution in [0.3, 0.4) is 0 Å². The molecule has 1 heterocycles. The number of furan rings is 1. The van der Waals surface area contributed by atoms with Crippen LogP contribution in [-0.2, 0) is 6.42 Å². The minimum absolute atomic E-state index is 0.0282. The monoisotopic (exact) mass is 381 g/mol. The molecule has 0 spiro atoms. The second kappa shape index (κ2) is 9.17. The summed E-state index contributed by atoms with van der Waals surface area (Å²) in [6, 6.07) is 15.3. The van der Waals surface area contributed by atoms with Gasteiger partial charge in [-0.25, -0.2) is 0 Å². The summed E-state index contributed by atoms with van der Waals surface area (Å²) in [4.78, 5) is 4.62. The van der Waals surface area contributed by atoms with E-state index in [9.17, 15) is 5.11 Å². The summed E-state index contributed by atoms with van der Waals surface area (Å²) in [5, 5.41) is 17.8. The molecule has 2 aromatic carbocycles. The van der Waals surface area contributed by atoms with Crippen LogP contribution in [0.1, 0.15) is 31.2 Å². The number of phenolic OH excluding ortho intramolecular Hbond substituents is 1. The molecule has 0 saturated heterocycles. The zero-order valence-corrected chi connectivity index (χ0v) is 16.5. The van der Waals surface area contributed by atoms with E-state index >= 15 is 0 Å². The largest absolute Gasteiger partial charge is 0.508 e. The minimum atomic E-state index is -0.0282. The summed E-state index contributed by atoms with van der Waals surface area (Å²) >= 11 is 0. The van der Waals surface area contributed by atoms with Gasteiger partial charge in [0.2, 0.25) is 0 Å². The number of aliphatic imine (C=N–C) groups is 1. The third kappa shape index (κ3) is 4.76. The molecule has 148 valence electrons. The van der Waals surface area contributed by atoms with Crippen molar-refractivity contribution in [2.75, 3.05) is 20.2 Å². The first-order chi connectivity index (χ1) is 13.6. The van der Waals surface area contributed by atoms with Crippen LogP contribution >= 0.6 is 0 Å². The van der Waals surface area contributed by atoms with Crippen LogP contribution in [0.2, 0.25) is 0 Å². The van der Waals surface area contributed by atoms with Crippen LogP contribution in [0.25, 0.3) is 11.0 Å². The van der Waals surface area contributed by atoms with Crippen LogP contribution in [-0.4, -0.2) is 31.3 Å². The fraction of sp³-hybridized carbons (Fsp3) is 0.318.